The van der Waals surface area contributed by atoms with Gasteiger partial charge >= 0.3 is 0 Å². The summed E-state index contributed by atoms with van der Waals surface area (Å²) in [4.78, 5) is 18.8. The van der Waals surface area contributed by atoms with Gasteiger partial charge in [0.2, 0.25) is 0 Å². The van der Waals surface area contributed by atoms with Crippen LogP contribution >= 0.6 is 24.0 Å². The Hall–Kier alpha value is -2.25. The first-order valence-corrected chi connectivity index (χ1v) is 10.2. The monoisotopic (exact) mass is 399 g/mol. The van der Waals surface area contributed by atoms with Crippen molar-refractivity contribution < 1.29 is 9.53 Å². The van der Waals surface area contributed by atoms with E-state index >= 15 is 0 Å². The average Bonchev–Trinajstić information content (AvgIpc) is 3.22. The summed E-state index contributed by atoms with van der Waals surface area (Å²) in [6, 6.07) is 15.7. The zero-order valence-electron chi connectivity index (χ0n) is 15.5. The molecular weight excluding hydrogens is 378 g/mol. The van der Waals surface area contributed by atoms with Crippen molar-refractivity contribution in [1.82, 2.24) is 4.90 Å². The highest BCUT2D eigenvalue weighted by atomic mass is 32.2. The highest BCUT2D eigenvalue weighted by Crippen LogP contribution is 2.46. The maximum absolute atomic E-state index is 13.0. The van der Waals surface area contributed by atoms with Crippen LogP contribution in [-0.4, -0.2) is 48.9 Å². The lowest BCUT2D eigenvalue weighted by molar-refractivity contribution is -0.119. The molecular formula is C20H21N3O2S2. The van der Waals surface area contributed by atoms with Crippen LogP contribution < -0.4 is 14.5 Å². The van der Waals surface area contributed by atoms with E-state index in [0.29, 0.717) is 5.11 Å². The van der Waals surface area contributed by atoms with Gasteiger partial charge in [-0.2, -0.15) is 0 Å². The van der Waals surface area contributed by atoms with Crippen LogP contribution in [0.2, 0.25) is 0 Å². The van der Waals surface area contributed by atoms with E-state index < -0.39 is 0 Å². The second kappa shape index (κ2) is 7.05. The Labute approximate surface area is 168 Å². The van der Waals surface area contributed by atoms with Crippen LogP contribution in [-0.2, 0) is 4.79 Å². The van der Waals surface area contributed by atoms with E-state index in [1.807, 2.05) is 38.4 Å². The number of hydrogen-bond acceptors (Lipinski definition) is 5. The fourth-order valence-corrected chi connectivity index (χ4v) is 5.37. The number of thiocarbonyl (C=S) groups is 1. The van der Waals surface area contributed by atoms with Gasteiger partial charge < -0.3 is 14.5 Å². The van der Waals surface area contributed by atoms with Gasteiger partial charge in [0.05, 0.1) is 12.8 Å². The number of amides is 1. The third kappa shape index (κ3) is 3.04. The summed E-state index contributed by atoms with van der Waals surface area (Å²) >= 11 is 7.49. The normalized spacial score (nSPS) is 21.6. The predicted octanol–water partition coefficient (Wildman–Crippen LogP) is 3.51. The summed E-state index contributed by atoms with van der Waals surface area (Å²) in [5.74, 6) is 1.54. The summed E-state index contributed by atoms with van der Waals surface area (Å²) in [6.07, 6.45) is 0. The number of carbonyl (C=O) groups excluding carboxylic acids is 1. The summed E-state index contributed by atoms with van der Waals surface area (Å²) in [6.45, 7) is 0. The number of ether oxygens (including phenoxy) is 1. The number of anilines is 2. The molecule has 0 N–H and O–H groups in total. The van der Waals surface area contributed by atoms with Crippen LogP contribution in [0.25, 0.3) is 0 Å². The van der Waals surface area contributed by atoms with E-state index in [0.717, 1.165) is 22.9 Å². The van der Waals surface area contributed by atoms with Gasteiger partial charge in [-0.3, -0.25) is 9.69 Å². The molecule has 4 rings (SSSR count). The molecule has 2 aliphatic rings. The molecule has 0 unspecified atom stereocenters. The lowest BCUT2D eigenvalue weighted by Crippen LogP contribution is -2.33. The van der Waals surface area contributed by atoms with Gasteiger partial charge in [-0.15, -0.1) is 11.8 Å². The minimum atomic E-state index is -0.205. The number of nitrogens with zero attached hydrogens (tertiary/aromatic N) is 3. The third-order valence-electron chi connectivity index (χ3n) is 4.94. The predicted molar refractivity (Wildman–Crippen MR) is 115 cm³/mol. The number of benzene rings is 2. The Morgan fingerprint density at radius 2 is 1.78 bits per heavy atom. The van der Waals surface area contributed by atoms with Crippen molar-refractivity contribution in [3.63, 3.8) is 0 Å². The number of hydrogen-bond donors (Lipinski definition) is 0. The van der Waals surface area contributed by atoms with Crippen molar-refractivity contribution in [2.75, 3.05) is 36.8 Å². The standard InChI is InChI=1S/C20H21N3O2S2/c1-21(2)14-6-4-13(5-7-14)19-23-17(12-27-19)18(24)22(20(23)26)15-8-10-16(25-3)11-9-15/h4-11,17,19H,12H2,1-3H3/t17-,19-/m0/s1. The van der Waals surface area contributed by atoms with Gasteiger partial charge in [0.15, 0.2) is 5.11 Å². The van der Waals surface area contributed by atoms with Gasteiger partial charge in [0.25, 0.3) is 5.91 Å². The molecule has 0 spiro atoms. The molecule has 0 aromatic heterocycles. The fraction of sp³-hybridized carbons (Fsp3) is 0.300. The highest BCUT2D eigenvalue weighted by molar-refractivity contribution is 7.99. The maximum Gasteiger partial charge on any atom is 0.257 e. The number of methoxy groups -OCH3 is 1. The molecule has 0 aliphatic carbocycles. The zero-order valence-corrected chi connectivity index (χ0v) is 17.1. The van der Waals surface area contributed by atoms with Crippen molar-refractivity contribution in [1.29, 1.82) is 0 Å². The van der Waals surface area contributed by atoms with Gasteiger partial charge in [-0.05, 0) is 54.2 Å². The van der Waals surface area contributed by atoms with Gasteiger partial charge in [-0.1, -0.05) is 12.1 Å². The molecule has 2 atom stereocenters. The Kier molecular flexibility index (Phi) is 4.74. The molecule has 1 amide bonds. The smallest absolute Gasteiger partial charge is 0.257 e. The molecule has 2 aliphatic heterocycles. The molecule has 2 saturated heterocycles. The van der Waals surface area contributed by atoms with Crippen LogP contribution in [0.15, 0.2) is 48.5 Å². The van der Waals surface area contributed by atoms with Crippen LogP contribution in [0.1, 0.15) is 10.9 Å². The molecule has 0 bridgehead atoms. The second-order valence-corrected chi connectivity index (χ2v) is 8.23. The van der Waals surface area contributed by atoms with Gasteiger partial charge in [0.1, 0.15) is 17.2 Å². The number of rotatable bonds is 4. The van der Waals surface area contributed by atoms with Crippen molar-refractivity contribution in [3.05, 3.63) is 54.1 Å². The molecule has 140 valence electrons. The number of carbonyl (C=O) groups is 1. The number of fused-ring (bicyclic) bond motifs is 1. The summed E-state index contributed by atoms with van der Waals surface area (Å²) in [5.41, 5.74) is 3.10. The first-order valence-electron chi connectivity index (χ1n) is 8.70. The Bertz CT molecular complexity index is 868. The number of thioether (sulfide) groups is 1. The fourth-order valence-electron chi connectivity index (χ4n) is 3.45. The summed E-state index contributed by atoms with van der Waals surface area (Å²) in [7, 11) is 5.67. The highest BCUT2D eigenvalue weighted by Gasteiger charge is 2.50. The summed E-state index contributed by atoms with van der Waals surface area (Å²) < 4.78 is 5.21. The lowest BCUT2D eigenvalue weighted by Gasteiger charge is -2.26. The zero-order chi connectivity index (χ0) is 19.1. The molecule has 2 fully saturated rings. The van der Waals surface area contributed by atoms with E-state index in [4.69, 9.17) is 17.0 Å². The van der Waals surface area contributed by atoms with Crippen LogP contribution in [0, 0.1) is 0 Å². The second-order valence-electron chi connectivity index (χ2n) is 6.75. The van der Waals surface area contributed by atoms with Gasteiger partial charge in [-0.25, -0.2) is 0 Å². The third-order valence-corrected chi connectivity index (χ3v) is 6.66. The van der Waals surface area contributed by atoms with E-state index in [1.54, 1.807) is 23.8 Å². The molecule has 2 aromatic rings. The lowest BCUT2D eigenvalue weighted by atomic mass is 10.1. The Morgan fingerprint density at radius 3 is 2.37 bits per heavy atom. The molecule has 0 radical (unpaired) electrons. The molecule has 5 nitrogen and oxygen atoms in total. The van der Waals surface area contributed by atoms with Crippen molar-refractivity contribution >= 4 is 46.4 Å². The molecule has 27 heavy (non-hydrogen) atoms. The minimum absolute atomic E-state index is 0.0464. The largest absolute Gasteiger partial charge is 0.497 e. The molecule has 2 aromatic carbocycles. The quantitative estimate of drug-likeness (QED) is 0.733. The summed E-state index contributed by atoms with van der Waals surface area (Å²) in [5, 5.41) is 0.632. The minimum Gasteiger partial charge on any atom is -0.497 e. The first kappa shape index (κ1) is 18.1. The van der Waals surface area contributed by atoms with E-state index in [-0.39, 0.29) is 17.3 Å². The molecule has 2 heterocycles. The van der Waals surface area contributed by atoms with E-state index in [2.05, 4.69) is 34.1 Å². The van der Waals surface area contributed by atoms with E-state index in [1.165, 1.54) is 5.56 Å². The SMILES string of the molecule is COc1ccc(N2C(=O)[C@@H]3CS[C@@H](c4ccc(N(C)C)cc4)N3C2=S)cc1. The van der Waals surface area contributed by atoms with Crippen molar-refractivity contribution in [2.45, 2.75) is 11.4 Å². The van der Waals surface area contributed by atoms with Crippen LogP contribution in [0.3, 0.4) is 0 Å². The molecule has 0 saturated carbocycles. The topological polar surface area (TPSA) is 36.0 Å². The van der Waals surface area contributed by atoms with Crippen LogP contribution in [0.4, 0.5) is 11.4 Å². The van der Waals surface area contributed by atoms with Crippen molar-refractivity contribution in [3.8, 4) is 5.75 Å². The first-order chi connectivity index (χ1) is 13.0. The van der Waals surface area contributed by atoms with Gasteiger partial charge in [0, 0.05) is 25.5 Å². The molecule has 7 heteroatoms. The van der Waals surface area contributed by atoms with E-state index in [9.17, 15) is 4.79 Å². The Balaban J connectivity index is 1.61. The average molecular weight is 400 g/mol. The van der Waals surface area contributed by atoms with Crippen molar-refractivity contribution in [2.24, 2.45) is 0 Å². The Morgan fingerprint density at radius 1 is 1.11 bits per heavy atom. The maximum atomic E-state index is 13.0. The van der Waals surface area contributed by atoms with Crippen LogP contribution in [0.5, 0.6) is 5.75 Å².